The van der Waals surface area contributed by atoms with Gasteiger partial charge in [-0.1, -0.05) is 50.6 Å². The fourth-order valence-electron chi connectivity index (χ4n) is 3.20. The third-order valence-electron chi connectivity index (χ3n) is 4.99. The van der Waals surface area contributed by atoms with E-state index in [2.05, 4.69) is 0 Å². The summed E-state index contributed by atoms with van der Waals surface area (Å²) in [5.41, 5.74) is 0.0573. The molecule has 6 nitrogen and oxygen atoms in total. The van der Waals surface area contributed by atoms with Gasteiger partial charge in [-0.3, -0.25) is 4.79 Å². The highest BCUT2D eigenvalue weighted by atomic mass is 32.2. The second kappa shape index (κ2) is 10.3. The molecule has 1 unspecified atom stereocenters. The number of nitrogens with zero attached hydrogens (tertiary/aromatic N) is 1. The summed E-state index contributed by atoms with van der Waals surface area (Å²) in [6, 6.07) is 14.5. The van der Waals surface area contributed by atoms with Gasteiger partial charge in [0.15, 0.2) is 0 Å². The highest BCUT2D eigenvalue weighted by molar-refractivity contribution is 7.89. The van der Waals surface area contributed by atoms with Crippen molar-refractivity contribution < 1.29 is 22.7 Å². The van der Waals surface area contributed by atoms with Crippen LogP contribution < -0.4 is 4.74 Å². The Morgan fingerprint density at radius 2 is 1.61 bits per heavy atom. The van der Waals surface area contributed by atoms with Crippen molar-refractivity contribution in [1.29, 1.82) is 0 Å². The van der Waals surface area contributed by atoms with E-state index in [1.807, 2.05) is 44.2 Å². The topological polar surface area (TPSA) is 72.9 Å². The molecule has 170 valence electrons. The molecule has 0 aliphatic rings. The van der Waals surface area contributed by atoms with Crippen molar-refractivity contribution >= 4 is 16.0 Å². The smallest absolute Gasteiger partial charge is 0.325 e. The highest BCUT2D eigenvalue weighted by Gasteiger charge is 2.41. The Hall–Kier alpha value is -2.38. The van der Waals surface area contributed by atoms with Crippen LogP contribution in [-0.2, 0) is 26.1 Å². The maximum absolute atomic E-state index is 13.7. The quantitative estimate of drug-likeness (QED) is 0.524. The Bertz CT molecular complexity index is 950. The maximum Gasteiger partial charge on any atom is 0.325 e. The van der Waals surface area contributed by atoms with Gasteiger partial charge in [-0.15, -0.1) is 0 Å². The van der Waals surface area contributed by atoms with Crippen LogP contribution in [0.4, 0.5) is 0 Å². The van der Waals surface area contributed by atoms with Gasteiger partial charge in [-0.05, 0) is 56.5 Å². The number of benzene rings is 2. The van der Waals surface area contributed by atoms with Gasteiger partial charge in [0.25, 0.3) is 0 Å². The molecule has 0 amide bonds. The van der Waals surface area contributed by atoms with Gasteiger partial charge in [0.05, 0.1) is 12.0 Å². The monoisotopic (exact) mass is 447 g/mol. The molecule has 31 heavy (non-hydrogen) atoms. The molecule has 0 aliphatic carbocycles. The molecule has 0 fully saturated rings. The molecule has 0 aliphatic heterocycles. The van der Waals surface area contributed by atoms with Gasteiger partial charge < -0.3 is 9.47 Å². The van der Waals surface area contributed by atoms with Gasteiger partial charge in [0.2, 0.25) is 10.0 Å². The van der Waals surface area contributed by atoms with Gasteiger partial charge in [0.1, 0.15) is 17.4 Å². The van der Waals surface area contributed by atoms with Crippen molar-refractivity contribution in [2.75, 3.05) is 7.11 Å². The van der Waals surface area contributed by atoms with Crippen LogP contribution >= 0.6 is 0 Å². The lowest BCUT2D eigenvalue weighted by molar-refractivity contribution is -0.161. The number of ether oxygens (including phenoxy) is 2. The number of rotatable bonds is 9. The lowest BCUT2D eigenvalue weighted by Crippen LogP contribution is -2.50. The zero-order valence-electron chi connectivity index (χ0n) is 19.2. The number of hydrogen-bond donors (Lipinski definition) is 0. The molecule has 0 saturated heterocycles. The second-order valence-corrected chi connectivity index (χ2v) is 10.5. The van der Waals surface area contributed by atoms with Crippen LogP contribution in [-0.4, -0.2) is 37.4 Å². The molecule has 2 atom stereocenters. The first kappa shape index (κ1) is 24.9. The molecule has 0 radical (unpaired) electrons. The van der Waals surface area contributed by atoms with Crippen LogP contribution in [0.1, 0.15) is 46.6 Å². The summed E-state index contributed by atoms with van der Waals surface area (Å²) in [6.07, 6.45) is 0.618. The fraction of sp³-hybridized carbons (Fsp3) is 0.458. The fourth-order valence-corrected chi connectivity index (χ4v) is 4.86. The molecule has 2 rings (SSSR count). The van der Waals surface area contributed by atoms with E-state index in [0.29, 0.717) is 12.2 Å². The first-order valence-corrected chi connectivity index (χ1v) is 11.9. The van der Waals surface area contributed by atoms with Crippen LogP contribution in [0.3, 0.4) is 0 Å². The molecule has 0 saturated carbocycles. The van der Waals surface area contributed by atoms with E-state index in [4.69, 9.17) is 9.47 Å². The van der Waals surface area contributed by atoms with Gasteiger partial charge in [-0.2, -0.15) is 4.31 Å². The zero-order valence-corrected chi connectivity index (χ0v) is 20.0. The van der Waals surface area contributed by atoms with Gasteiger partial charge in [0, 0.05) is 6.54 Å². The molecule has 0 bridgehead atoms. The van der Waals surface area contributed by atoms with Crippen molar-refractivity contribution in [1.82, 2.24) is 4.31 Å². The van der Waals surface area contributed by atoms with Crippen LogP contribution in [0, 0.1) is 5.92 Å². The number of sulfonamides is 1. The van der Waals surface area contributed by atoms with Crippen molar-refractivity contribution in [2.24, 2.45) is 5.92 Å². The molecular formula is C24H33NO5S. The Kier molecular flexibility index (Phi) is 8.26. The van der Waals surface area contributed by atoms with Crippen LogP contribution in [0.15, 0.2) is 59.5 Å². The number of esters is 1. The summed E-state index contributed by atoms with van der Waals surface area (Å²) in [7, 11) is -2.48. The minimum Gasteiger partial charge on any atom is -0.497 e. The van der Waals surface area contributed by atoms with Crippen molar-refractivity contribution in [3.05, 3.63) is 60.2 Å². The van der Waals surface area contributed by atoms with E-state index in [-0.39, 0.29) is 17.4 Å². The third-order valence-corrected chi connectivity index (χ3v) is 6.83. The molecule has 2 aromatic carbocycles. The number of methoxy groups -OCH3 is 1. The summed E-state index contributed by atoms with van der Waals surface area (Å²) in [5, 5.41) is 0. The molecule has 7 heteroatoms. The van der Waals surface area contributed by atoms with Crippen LogP contribution in [0.2, 0.25) is 0 Å². The lowest BCUT2D eigenvalue weighted by Gasteiger charge is -2.35. The molecular weight excluding hydrogens is 414 g/mol. The SMILES string of the molecule is CCC(C)[C@H](C(=O)OC(C)(C)C)N(Cc1ccccc1)S(=O)(=O)c1ccc(OC)cc1. The van der Waals surface area contributed by atoms with Gasteiger partial charge in [-0.25, -0.2) is 8.42 Å². The van der Waals surface area contributed by atoms with Crippen molar-refractivity contribution in [3.8, 4) is 5.75 Å². The number of hydrogen-bond acceptors (Lipinski definition) is 5. The first-order chi connectivity index (χ1) is 14.5. The largest absolute Gasteiger partial charge is 0.497 e. The van der Waals surface area contributed by atoms with E-state index in [1.165, 1.54) is 23.5 Å². The number of carbonyl (C=O) groups excluding carboxylic acids is 1. The summed E-state index contributed by atoms with van der Waals surface area (Å²) in [4.78, 5) is 13.3. The minimum absolute atomic E-state index is 0.0590. The predicted molar refractivity (Wildman–Crippen MR) is 121 cm³/mol. The average molecular weight is 448 g/mol. The minimum atomic E-state index is -4.00. The van der Waals surface area contributed by atoms with Crippen molar-refractivity contribution in [2.45, 2.75) is 64.1 Å². The maximum atomic E-state index is 13.7. The molecule has 0 N–H and O–H groups in total. The summed E-state index contributed by atoms with van der Waals surface area (Å²) in [6.45, 7) is 9.19. The summed E-state index contributed by atoms with van der Waals surface area (Å²) in [5.74, 6) is -0.236. The molecule has 2 aromatic rings. The summed E-state index contributed by atoms with van der Waals surface area (Å²) < 4.78 is 39.6. The Morgan fingerprint density at radius 3 is 2.10 bits per heavy atom. The van der Waals surface area contributed by atoms with Crippen LogP contribution in [0.5, 0.6) is 5.75 Å². The predicted octanol–water partition coefficient (Wildman–Crippen LogP) is 4.64. The zero-order chi connectivity index (χ0) is 23.2. The molecule has 0 spiro atoms. The molecule has 0 heterocycles. The lowest BCUT2D eigenvalue weighted by atomic mass is 9.98. The first-order valence-electron chi connectivity index (χ1n) is 10.4. The number of carbonyl (C=O) groups is 1. The Labute approximate surface area is 186 Å². The van der Waals surface area contributed by atoms with Crippen LogP contribution in [0.25, 0.3) is 0 Å². The van der Waals surface area contributed by atoms with E-state index < -0.39 is 27.6 Å². The van der Waals surface area contributed by atoms with E-state index >= 15 is 0 Å². The second-order valence-electron chi connectivity index (χ2n) is 8.58. The Balaban J connectivity index is 2.58. The van der Waals surface area contributed by atoms with Crippen molar-refractivity contribution in [3.63, 3.8) is 0 Å². The average Bonchev–Trinajstić information content (AvgIpc) is 2.72. The highest BCUT2D eigenvalue weighted by Crippen LogP contribution is 2.29. The third kappa shape index (κ3) is 6.55. The Morgan fingerprint density at radius 1 is 1.03 bits per heavy atom. The normalized spacial score (nSPS) is 14.2. The standard InChI is InChI=1S/C24H33NO5S/c1-7-18(2)22(23(26)30-24(3,4)5)25(17-19-11-9-8-10-12-19)31(27,28)21-15-13-20(29-6)14-16-21/h8-16,18,22H,7,17H2,1-6H3/t18?,22-/m1/s1. The molecule has 0 aromatic heterocycles. The van der Waals surface area contributed by atoms with E-state index in [0.717, 1.165) is 5.56 Å². The summed E-state index contributed by atoms with van der Waals surface area (Å²) >= 11 is 0. The van der Waals surface area contributed by atoms with E-state index in [9.17, 15) is 13.2 Å². The van der Waals surface area contributed by atoms with E-state index in [1.54, 1.807) is 32.9 Å². The van der Waals surface area contributed by atoms with Gasteiger partial charge >= 0.3 is 5.97 Å².